The second kappa shape index (κ2) is 4.53. The van der Waals surface area contributed by atoms with E-state index >= 15 is 0 Å². The van der Waals surface area contributed by atoms with Crippen LogP contribution in [0.5, 0.6) is 5.75 Å². The van der Waals surface area contributed by atoms with E-state index in [0.29, 0.717) is 19.5 Å². The van der Waals surface area contributed by atoms with Crippen molar-refractivity contribution in [3.63, 3.8) is 0 Å². The van der Waals surface area contributed by atoms with Crippen LogP contribution in [0.2, 0.25) is 0 Å². The van der Waals surface area contributed by atoms with Crippen LogP contribution in [0, 0.1) is 5.92 Å². The number of benzene rings is 1. The first-order valence-electron chi connectivity index (χ1n) is 5.35. The Kier molecular flexibility index (Phi) is 3.10. The molecule has 2 N–H and O–H groups in total. The van der Waals surface area contributed by atoms with E-state index in [9.17, 15) is 4.79 Å². The van der Waals surface area contributed by atoms with Crippen LogP contribution >= 0.6 is 0 Å². The van der Waals surface area contributed by atoms with Gasteiger partial charge in [0.1, 0.15) is 5.75 Å². The van der Waals surface area contributed by atoms with Gasteiger partial charge >= 0.3 is 0 Å². The first-order valence-corrected chi connectivity index (χ1v) is 5.35. The van der Waals surface area contributed by atoms with E-state index in [2.05, 4.69) is 0 Å². The number of aliphatic hydroxyl groups excluding tert-OH is 1. The maximum atomic E-state index is 11.6. The van der Waals surface area contributed by atoms with Gasteiger partial charge in [-0.2, -0.15) is 0 Å². The van der Waals surface area contributed by atoms with Crippen molar-refractivity contribution < 1.29 is 15.0 Å². The molecule has 1 unspecified atom stereocenters. The lowest BCUT2D eigenvalue weighted by Crippen LogP contribution is -2.24. The number of nitrogens with zero attached hydrogens (tertiary/aromatic N) is 1. The molecule has 0 radical (unpaired) electrons. The lowest BCUT2D eigenvalue weighted by atomic mass is 10.1. The van der Waals surface area contributed by atoms with Gasteiger partial charge in [0.2, 0.25) is 5.91 Å². The van der Waals surface area contributed by atoms with Gasteiger partial charge in [0.25, 0.3) is 0 Å². The van der Waals surface area contributed by atoms with Crippen molar-refractivity contribution >= 4 is 5.91 Å². The van der Waals surface area contributed by atoms with Crippen LogP contribution in [0.15, 0.2) is 24.3 Å². The SMILES string of the molecule is O=C1CC(CO)CN1Cc1ccc(O)cc1. The van der Waals surface area contributed by atoms with Gasteiger partial charge in [-0.3, -0.25) is 4.79 Å². The molecule has 0 aromatic heterocycles. The number of phenols is 1. The van der Waals surface area contributed by atoms with Gasteiger partial charge in [0.15, 0.2) is 0 Å². The van der Waals surface area contributed by atoms with Crippen LogP contribution in [0.3, 0.4) is 0 Å². The van der Waals surface area contributed by atoms with Crippen molar-refractivity contribution in [1.29, 1.82) is 0 Å². The van der Waals surface area contributed by atoms with Crippen LogP contribution < -0.4 is 0 Å². The molecule has 2 rings (SSSR count). The fourth-order valence-corrected chi connectivity index (χ4v) is 1.95. The number of rotatable bonds is 3. The van der Waals surface area contributed by atoms with Crippen molar-refractivity contribution in [2.45, 2.75) is 13.0 Å². The summed E-state index contributed by atoms with van der Waals surface area (Å²) in [6, 6.07) is 6.82. The number of amides is 1. The highest BCUT2D eigenvalue weighted by atomic mass is 16.3. The molecule has 1 fully saturated rings. The Labute approximate surface area is 94.1 Å². The molecular formula is C12H15NO3. The van der Waals surface area contributed by atoms with Crippen LogP contribution in [-0.4, -0.2) is 34.2 Å². The minimum Gasteiger partial charge on any atom is -0.508 e. The van der Waals surface area contributed by atoms with Gasteiger partial charge in [0.05, 0.1) is 0 Å². The molecule has 0 bridgehead atoms. The molecule has 0 spiro atoms. The van der Waals surface area contributed by atoms with Gasteiger partial charge in [0, 0.05) is 32.0 Å². The number of likely N-dealkylation sites (tertiary alicyclic amines) is 1. The predicted molar refractivity (Wildman–Crippen MR) is 58.7 cm³/mol. The lowest BCUT2D eigenvalue weighted by molar-refractivity contribution is -0.128. The van der Waals surface area contributed by atoms with E-state index in [-0.39, 0.29) is 24.2 Å². The molecular weight excluding hydrogens is 206 g/mol. The highest BCUT2D eigenvalue weighted by molar-refractivity contribution is 5.78. The third-order valence-electron chi connectivity index (χ3n) is 2.86. The lowest BCUT2D eigenvalue weighted by Gasteiger charge is -2.16. The summed E-state index contributed by atoms with van der Waals surface area (Å²) < 4.78 is 0. The van der Waals surface area contributed by atoms with E-state index in [1.165, 1.54) is 0 Å². The minimum atomic E-state index is 0.0673. The third-order valence-corrected chi connectivity index (χ3v) is 2.86. The Hall–Kier alpha value is -1.55. The van der Waals surface area contributed by atoms with E-state index in [4.69, 9.17) is 10.2 Å². The molecule has 1 aromatic carbocycles. The Bertz CT molecular complexity index is 374. The highest BCUT2D eigenvalue weighted by Crippen LogP contribution is 2.20. The summed E-state index contributed by atoms with van der Waals surface area (Å²) in [4.78, 5) is 13.3. The number of carbonyl (C=O) groups excluding carboxylic acids is 1. The molecule has 1 aromatic rings. The molecule has 4 nitrogen and oxygen atoms in total. The Morgan fingerprint density at radius 2 is 2.00 bits per heavy atom. The minimum absolute atomic E-state index is 0.0673. The fraction of sp³-hybridized carbons (Fsp3) is 0.417. The number of hydrogen-bond donors (Lipinski definition) is 2. The Morgan fingerprint density at radius 1 is 1.31 bits per heavy atom. The van der Waals surface area contributed by atoms with Gasteiger partial charge in [-0.15, -0.1) is 0 Å². The quantitative estimate of drug-likeness (QED) is 0.791. The number of phenolic OH excluding ortho intramolecular Hbond substituents is 1. The second-order valence-corrected chi connectivity index (χ2v) is 4.19. The first-order chi connectivity index (χ1) is 7.69. The average Bonchev–Trinajstić information content (AvgIpc) is 2.63. The maximum absolute atomic E-state index is 11.6. The van der Waals surface area contributed by atoms with Crippen LogP contribution in [0.4, 0.5) is 0 Å². The summed E-state index contributed by atoms with van der Waals surface area (Å²) in [5.74, 6) is 0.390. The van der Waals surface area contributed by atoms with Crippen LogP contribution in [0.25, 0.3) is 0 Å². The summed E-state index contributed by atoms with van der Waals surface area (Å²) in [7, 11) is 0. The predicted octanol–water partition coefficient (Wildman–Crippen LogP) is 0.733. The summed E-state index contributed by atoms with van der Waals surface area (Å²) in [6.45, 7) is 1.24. The molecule has 0 aliphatic carbocycles. The van der Waals surface area contributed by atoms with Crippen molar-refractivity contribution in [2.24, 2.45) is 5.92 Å². The normalized spacial score (nSPS) is 20.4. The van der Waals surface area contributed by atoms with Gasteiger partial charge < -0.3 is 15.1 Å². The summed E-state index contributed by atoms with van der Waals surface area (Å²) in [5.41, 5.74) is 0.990. The Morgan fingerprint density at radius 3 is 2.56 bits per heavy atom. The molecule has 4 heteroatoms. The molecule has 16 heavy (non-hydrogen) atoms. The number of hydrogen-bond acceptors (Lipinski definition) is 3. The number of aliphatic hydroxyl groups is 1. The zero-order valence-electron chi connectivity index (χ0n) is 8.97. The molecule has 1 heterocycles. The van der Waals surface area contributed by atoms with Gasteiger partial charge in [-0.25, -0.2) is 0 Å². The maximum Gasteiger partial charge on any atom is 0.223 e. The molecule has 1 aliphatic rings. The van der Waals surface area contributed by atoms with Crippen LogP contribution in [0.1, 0.15) is 12.0 Å². The molecule has 1 amide bonds. The van der Waals surface area contributed by atoms with Crippen molar-refractivity contribution in [1.82, 2.24) is 4.90 Å². The zero-order valence-corrected chi connectivity index (χ0v) is 8.97. The molecule has 1 atom stereocenters. The van der Waals surface area contributed by atoms with E-state index in [1.54, 1.807) is 29.2 Å². The smallest absolute Gasteiger partial charge is 0.223 e. The third kappa shape index (κ3) is 2.33. The molecule has 86 valence electrons. The molecule has 1 saturated heterocycles. The standard InChI is InChI=1S/C12H15NO3/c14-8-10-5-12(16)13(7-10)6-9-1-3-11(15)4-2-9/h1-4,10,14-15H,5-8H2. The fourth-order valence-electron chi connectivity index (χ4n) is 1.95. The average molecular weight is 221 g/mol. The molecule has 1 aliphatic heterocycles. The summed E-state index contributed by atoms with van der Waals surface area (Å²) in [5, 5.41) is 18.1. The van der Waals surface area contributed by atoms with E-state index in [1.807, 2.05) is 0 Å². The zero-order chi connectivity index (χ0) is 11.5. The van der Waals surface area contributed by atoms with Gasteiger partial charge in [-0.05, 0) is 17.7 Å². The second-order valence-electron chi connectivity index (χ2n) is 4.19. The van der Waals surface area contributed by atoms with Crippen molar-refractivity contribution in [2.75, 3.05) is 13.2 Å². The monoisotopic (exact) mass is 221 g/mol. The Balaban J connectivity index is 2.00. The van der Waals surface area contributed by atoms with Crippen molar-refractivity contribution in [3.8, 4) is 5.75 Å². The van der Waals surface area contributed by atoms with E-state index in [0.717, 1.165) is 5.56 Å². The largest absolute Gasteiger partial charge is 0.508 e. The highest BCUT2D eigenvalue weighted by Gasteiger charge is 2.28. The van der Waals surface area contributed by atoms with E-state index < -0.39 is 0 Å². The number of carbonyl (C=O) groups is 1. The van der Waals surface area contributed by atoms with Crippen molar-refractivity contribution in [3.05, 3.63) is 29.8 Å². The summed E-state index contributed by atoms with van der Waals surface area (Å²) >= 11 is 0. The number of aromatic hydroxyl groups is 1. The van der Waals surface area contributed by atoms with Crippen LogP contribution in [-0.2, 0) is 11.3 Å². The topological polar surface area (TPSA) is 60.8 Å². The molecule has 0 saturated carbocycles. The van der Waals surface area contributed by atoms with Gasteiger partial charge in [-0.1, -0.05) is 12.1 Å². The summed E-state index contributed by atoms with van der Waals surface area (Å²) in [6.07, 6.45) is 0.439. The first kappa shape index (κ1) is 11.0.